The molecule has 116 valence electrons. The number of nitrogens with one attached hydrogen (secondary N) is 1. The predicted molar refractivity (Wildman–Crippen MR) is 87.1 cm³/mol. The minimum atomic E-state index is 0.0550. The Morgan fingerprint density at radius 2 is 1.76 bits per heavy atom. The summed E-state index contributed by atoms with van der Waals surface area (Å²) in [5, 5.41) is 3.67. The van der Waals surface area contributed by atoms with Crippen LogP contribution in [-0.4, -0.2) is 28.4 Å². The maximum absolute atomic E-state index is 11.6. The molecule has 21 heavy (non-hydrogen) atoms. The fraction of sp³-hybridized carbons (Fsp3) is 0.611. The van der Waals surface area contributed by atoms with Gasteiger partial charge in [-0.05, 0) is 58.6 Å². The van der Waals surface area contributed by atoms with Gasteiger partial charge >= 0.3 is 0 Å². The van der Waals surface area contributed by atoms with Crippen molar-refractivity contribution in [3.63, 3.8) is 0 Å². The lowest BCUT2D eigenvalue weighted by atomic mass is 9.79. The van der Waals surface area contributed by atoms with Crippen LogP contribution in [0, 0.1) is 6.92 Å². The number of carbonyl (C=O) groups excluding carboxylic acids is 1. The van der Waals surface area contributed by atoms with Crippen molar-refractivity contribution in [3.8, 4) is 0 Å². The third kappa shape index (κ3) is 4.07. The third-order valence-electron chi connectivity index (χ3n) is 4.39. The van der Waals surface area contributed by atoms with Gasteiger partial charge in [-0.25, -0.2) is 0 Å². The first-order chi connectivity index (χ1) is 9.72. The maximum Gasteiger partial charge on any atom is 0.210 e. The Balaban J connectivity index is 2.17. The highest BCUT2D eigenvalue weighted by Crippen LogP contribution is 2.31. The molecule has 3 heteroatoms. The number of carbonyl (C=O) groups is 1. The van der Waals surface area contributed by atoms with Crippen molar-refractivity contribution in [1.82, 2.24) is 10.2 Å². The highest BCUT2D eigenvalue weighted by Gasteiger charge is 2.39. The first kappa shape index (κ1) is 16.0. The lowest BCUT2D eigenvalue weighted by Gasteiger charge is -2.49. The fourth-order valence-electron chi connectivity index (χ4n) is 3.74. The molecule has 1 aromatic rings. The lowest BCUT2D eigenvalue weighted by Crippen LogP contribution is -2.62. The van der Waals surface area contributed by atoms with E-state index in [0.717, 1.165) is 19.3 Å². The molecule has 0 unspecified atom stereocenters. The van der Waals surface area contributed by atoms with Crippen LogP contribution in [0.15, 0.2) is 24.3 Å². The van der Waals surface area contributed by atoms with E-state index in [0.29, 0.717) is 6.54 Å². The van der Waals surface area contributed by atoms with E-state index in [2.05, 4.69) is 52.1 Å². The van der Waals surface area contributed by atoms with E-state index in [1.807, 2.05) is 17.0 Å². The fourth-order valence-corrected chi connectivity index (χ4v) is 3.74. The molecule has 0 spiro atoms. The number of hydrogen-bond donors (Lipinski definition) is 1. The van der Waals surface area contributed by atoms with Crippen LogP contribution in [0.5, 0.6) is 0 Å². The van der Waals surface area contributed by atoms with E-state index in [-0.39, 0.29) is 17.1 Å². The molecule has 1 aromatic carbocycles. The number of piperidine rings is 1. The van der Waals surface area contributed by atoms with Gasteiger partial charge in [0.05, 0.1) is 0 Å². The third-order valence-corrected chi connectivity index (χ3v) is 4.39. The highest BCUT2D eigenvalue weighted by atomic mass is 16.1. The number of hydrogen-bond acceptors (Lipinski definition) is 2. The first-order valence-corrected chi connectivity index (χ1v) is 7.77. The zero-order valence-corrected chi connectivity index (χ0v) is 13.9. The molecule has 2 rings (SSSR count). The second-order valence-corrected chi connectivity index (χ2v) is 7.66. The summed E-state index contributed by atoms with van der Waals surface area (Å²) in [4.78, 5) is 13.6. The molecule has 1 heterocycles. The molecule has 1 aliphatic rings. The summed E-state index contributed by atoms with van der Waals surface area (Å²) in [5.74, 6) is 0. The Morgan fingerprint density at radius 3 is 2.29 bits per heavy atom. The van der Waals surface area contributed by atoms with Gasteiger partial charge in [-0.3, -0.25) is 4.79 Å². The smallest absolute Gasteiger partial charge is 0.210 e. The summed E-state index contributed by atoms with van der Waals surface area (Å²) >= 11 is 0. The van der Waals surface area contributed by atoms with Crippen molar-refractivity contribution in [2.75, 3.05) is 0 Å². The van der Waals surface area contributed by atoms with Crippen LogP contribution in [0.2, 0.25) is 0 Å². The number of benzene rings is 1. The summed E-state index contributed by atoms with van der Waals surface area (Å²) in [7, 11) is 0. The predicted octanol–water partition coefficient (Wildman–Crippen LogP) is 3.26. The summed E-state index contributed by atoms with van der Waals surface area (Å²) in [5.41, 5.74) is 2.59. The Bertz CT molecular complexity index is 492. The van der Waals surface area contributed by atoms with Crippen molar-refractivity contribution in [2.24, 2.45) is 0 Å². The van der Waals surface area contributed by atoms with E-state index in [4.69, 9.17) is 0 Å². The van der Waals surface area contributed by atoms with E-state index < -0.39 is 0 Å². The summed E-state index contributed by atoms with van der Waals surface area (Å²) in [6, 6.07) is 8.59. The molecule has 3 nitrogen and oxygen atoms in total. The van der Waals surface area contributed by atoms with Gasteiger partial charge in [-0.15, -0.1) is 0 Å². The van der Waals surface area contributed by atoms with Gasteiger partial charge in [-0.1, -0.05) is 24.3 Å². The summed E-state index contributed by atoms with van der Waals surface area (Å²) in [6.45, 7) is 11.7. The number of rotatable bonds is 4. The average molecular weight is 288 g/mol. The van der Waals surface area contributed by atoms with E-state index >= 15 is 0 Å². The molecular weight excluding hydrogens is 260 g/mol. The second-order valence-electron chi connectivity index (χ2n) is 7.66. The van der Waals surface area contributed by atoms with Gasteiger partial charge in [-0.2, -0.15) is 0 Å². The van der Waals surface area contributed by atoms with Gasteiger partial charge < -0.3 is 10.2 Å². The minimum absolute atomic E-state index is 0.0550. The maximum atomic E-state index is 11.6. The molecule has 1 fully saturated rings. The number of amides is 1. The Morgan fingerprint density at radius 1 is 1.19 bits per heavy atom. The zero-order valence-electron chi connectivity index (χ0n) is 13.9. The quantitative estimate of drug-likeness (QED) is 0.863. The van der Waals surface area contributed by atoms with Crippen LogP contribution < -0.4 is 5.32 Å². The highest BCUT2D eigenvalue weighted by molar-refractivity contribution is 5.49. The van der Waals surface area contributed by atoms with Crippen LogP contribution in [0.25, 0.3) is 0 Å². The molecule has 1 amide bonds. The molecule has 0 aliphatic carbocycles. The van der Waals surface area contributed by atoms with Crippen molar-refractivity contribution < 1.29 is 4.79 Å². The largest absolute Gasteiger partial charge is 0.338 e. The van der Waals surface area contributed by atoms with E-state index in [1.165, 1.54) is 11.1 Å². The molecule has 0 bridgehead atoms. The SMILES string of the molecule is Cc1ccccc1CN(C=O)C1CC(C)(C)NC(C)(C)C1. The van der Waals surface area contributed by atoms with Gasteiger partial charge in [0.15, 0.2) is 0 Å². The Kier molecular flexibility index (Phi) is 4.43. The van der Waals surface area contributed by atoms with Gasteiger partial charge in [0, 0.05) is 23.7 Å². The average Bonchev–Trinajstić information content (AvgIpc) is 2.34. The number of nitrogens with zero attached hydrogens (tertiary/aromatic N) is 1. The van der Waals surface area contributed by atoms with Crippen molar-refractivity contribution in [3.05, 3.63) is 35.4 Å². The van der Waals surface area contributed by atoms with E-state index in [1.54, 1.807) is 0 Å². The lowest BCUT2D eigenvalue weighted by molar-refractivity contribution is -0.122. The monoisotopic (exact) mass is 288 g/mol. The second kappa shape index (κ2) is 5.80. The summed E-state index contributed by atoms with van der Waals surface area (Å²) < 4.78 is 0. The van der Waals surface area contributed by atoms with Crippen molar-refractivity contribution in [1.29, 1.82) is 0 Å². The summed E-state index contributed by atoms with van der Waals surface area (Å²) in [6.07, 6.45) is 3.00. The molecule has 1 aliphatic heterocycles. The minimum Gasteiger partial charge on any atom is -0.338 e. The Labute approximate surface area is 128 Å². The zero-order chi connectivity index (χ0) is 15.7. The topological polar surface area (TPSA) is 32.3 Å². The Hall–Kier alpha value is -1.35. The molecule has 0 atom stereocenters. The van der Waals surface area contributed by atoms with Crippen LogP contribution >= 0.6 is 0 Å². The van der Waals surface area contributed by atoms with E-state index in [9.17, 15) is 4.79 Å². The van der Waals surface area contributed by atoms with Crippen LogP contribution in [0.1, 0.15) is 51.7 Å². The molecule has 0 aromatic heterocycles. The standard InChI is InChI=1S/C18H28N2O/c1-14-8-6-7-9-15(14)12-20(13-21)16-10-17(2,3)19-18(4,5)11-16/h6-9,13,16,19H,10-12H2,1-5H3. The molecule has 1 N–H and O–H groups in total. The number of aryl methyl sites for hydroxylation is 1. The molecular formula is C18H28N2O. The first-order valence-electron chi connectivity index (χ1n) is 7.77. The normalized spacial score (nSPS) is 21.0. The van der Waals surface area contributed by atoms with Gasteiger partial charge in [0.1, 0.15) is 0 Å². The van der Waals surface area contributed by atoms with Crippen molar-refractivity contribution >= 4 is 6.41 Å². The van der Waals surface area contributed by atoms with Crippen LogP contribution in [0.3, 0.4) is 0 Å². The molecule has 1 saturated heterocycles. The van der Waals surface area contributed by atoms with Gasteiger partial charge in [0.2, 0.25) is 6.41 Å². The van der Waals surface area contributed by atoms with Gasteiger partial charge in [0.25, 0.3) is 0 Å². The van der Waals surface area contributed by atoms with Crippen LogP contribution in [0.4, 0.5) is 0 Å². The van der Waals surface area contributed by atoms with Crippen molar-refractivity contribution in [2.45, 2.75) is 71.1 Å². The van der Waals surface area contributed by atoms with Crippen LogP contribution in [-0.2, 0) is 11.3 Å². The molecule has 0 radical (unpaired) electrons. The molecule has 0 saturated carbocycles.